The standard InChI is InChI=1S/C18H28FN3O2.HI/c1-20-18(22(2)12-15-5-3-6-17(19)11-15)21-8-4-9-23-13-16-7-10-24-14-16;/h3,5-6,11,16H,4,7-10,12-14H2,1-2H3,(H,20,21);1H. The highest BCUT2D eigenvalue weighted by molar-refractivity contribution is 14.0. The summed E-state index contributed by atoms with van der Waals surface area (Å²) in [5.74, 6) is 1.14. The zero-order valence-corrected chi connectivity index (χ0v) is 17.4. The van der Waals surface area contributed by atoms with E-state index in [4.69, 9.17) is 9.47 Å². The normalized spacial score (nSPS) is 17.2. The number of nitrogens with zero attached hydrogens (tertiary/aromatic N) is 2. The summed E-state index contributed by atoms with van der Waals surface area (Å²) < 4.78 is 24.3. The van der Waals surface area contributed by atoms with Gasteiger partial charge in [0.05, 0.1) is 13.2 Å². The second-order valence-electron chi connectivity index (χ2n) is 6.12. The van der Waals surface area contributed by atoms with Crippen molar-refractivity contribution in [2.45, 2.75) is 19.4 Å². The van der Waals surface area contributed by atoms with Crippen molar-refractivity contribution in [2.75, 3.05) is 47.1 Å². The van der Waals surface area contributed by atoms with E-state index in [2.05, 4.69) is 10.3 Å². The first-order valence-corrected chi connectivity index (χ1v) is 8.50. The third kappa shape index (κ3) is 8.33. The number of ether oxygens (including phenoxy) is 2. The van der Waals surface area contributed by atoms with Crippen molar-refractivity contribution in [3.05, 3.63) is 35.6 Å². The molecule has 2 rings (SSSR count). The van der Waals surface area contributed by atoms with Crippen molar-refractivity contribution >= 4 is 29.9 Å². The maximum atomic E-state index is 13.2. The number of rotatable bonds is 8. The van der Waals surface area contributed by atoms with Crippen LogP contribution in [0.1, 0.15) is 18.4 Å². The Labute approximate surface area is 167 Å². The molecule has 1 fully saturated rings. The molecule has 142 valence electrons. The highest BCUT2D eigenvalue weighted by Crippen LogP contribution is 2.12. The minimum atomic E-state index is -0.214. The lowest BCUT2D eigenvalue weighted by Gasteiger charge is -2.22. The van der Waals surface area contributed by atoms with Crippen molar-refractivity contribution in [1.29, 1.82) is 0 Å². The predicted octanol–water partition coefficient (Wildman–Crippen LogP) is 2.89. The van der Waals surface area contributed by atoms with Crippen LogP contribution in [0.5, 0.6) is 0 Å². The minimum Gasteiger partial charge on any atom is -0.381 e. The quantitative estimate of drug-likeness (QED) is 0.278. The van der Waals surface area contributed by atoms with E-state index < -0.39 is 0 Å². The predicted molar refractivity (Wildman–Crippen MR) is 109 cm³/mol. The average Bonchev–Trinajstić information content (AvgIpc) is 3.07. The van der Waals surface area contributed by atoms with Gasteiger partial charge < -0.3 is 19.7 Å². The van der Waals surface area contributed by atoms with Crippen LogP contribution in [0.4, 0.5) is 4.39 Å². The number of hydrogen-bond donors (Lipinski definition) is 1. The molecule has 1 aliphatic rings. The van der Waals surface area contributed by atoms with Crippen LogP contribution in [0.15, 0.2) is 29.3 Å². The summed E-state index contributed by atoms with van der Waals surface area (Å²) in [6.07, 6.45) is 2.02. The number of nitrogens with one attached hydrogen (secondary N) is 1. The molecular weight excluding hydrogens is 436 g/mol. The van der Waals surface area contributed by atoms with Gasteiger partial charge in [-0.2, -0.15) is 0 Å². The molecular formula is C18H29FIN3O2. The fourth-order valence-corrected chi connectivity index (χ4v) is 2.71. The maximum Gasteiger partial charge on any atom is 0.193 e. The molecule has 1 saturated heterocycles. The number of aliphatic imine (C=N–C) groups is 1. The van der Waals surface area contributed by atoms with Gasteiger partial charge in [0.25, 0.3) is 0 Å². The van der Waals surface area contributed by atoms with Gasteiger partial charge in [0.15, 0.2) is 5.96 Å². The second-order valence-corrected chi connectivity index (χ2v) is 6.12. The van der Waals surface area contributed by atoms with E-state index in [0.29, 0.717) is 12.5 Å². The monoisotopic (exact) mass is 465 g/mol. The topological polar surface area (TPSA) is 46.1 Å². The molecule has 25 heavy (non-hydrogen) atoms. The van der Waals surface area contributed by atoms with Crippen LogP contribution in [0.2, 0.25) is 0 Å². The van der Waals surface area contributed by atoms with Gasteiger partial charge in [-0.05, 0) is 30.5 Å². The Morgan fingerprint density at radius 2 is 2.32 bits per heavy atom. The van der Waals surface area contributed by atoms with Crippen LogP contribution in [-0.4, -0.2) is 57.9 Å². The van der Waals surface area contributed by atoms with Gasteiger partial charge in [-0.3, -0.25) is 4.99 Å². The Morgan fingerprint density at radius 3 is 3.00 bits per heavy atom. The van der Waals surface area contributed by atoms with Crippen LogP contribution in [0.3, 0.4) is 0 Å². The van der Waals surface area contributed by atoms with Crippen LogP contribution < -0.4 is 5.32 Å². The molecule has 1 atom stereocenters. The zero-order chi connectivity index (χ0) is 17.2. The minimum absolute atomic E-state index is 0. The fourth-order valence-electron chi connectivity index (χ4n) is 2.71. The Balaban J connectivity index is 0.00000312. The van der Waals surface area contributed by atoms with E-state index >= 15 is 0 Å². The largest absolute Gasteiger partial charge is 0.381 e. The van der Waals surface area contributed by atoms with Gasteiger partial charge in [0.2, 0.25) is 0 Å². The van der Waals surface area contributed by atoms with E-state index in [-0.39, 0.29) is 29.8 Å². The van der Waals surface area contributed by atoms with Crippen LogP contribution in [0.25, 0.3) is 0 Å². The third-order valence-electron chi connectivity index (χ3n) is 4.01. The summed E-state index contributed by atoms with van der Waals surface area (Å²) in [4.78, 5) is 6.25. The number of hydrogen-bond acceptors (Lipinski definition) is 3. The molecule has 0 radical (unpaired) electrons. The van der Waals surface area contributed by atoms with Crippen molar-refractivity contribution in [1.82, 2.24) is 10.2 Å². The lowest BCUT2D eigenvalue weighted by atomic mass is 10.1. The number of guanidine groups is 1. The highest BCUT2D eigenvalue weighted by Gasteiger charge is 2.15. The lowest BCUT2D eigenvalue weighted by Crippen LogP contribution is -2.39. The highest BCUT2D eigenvalue weighted by atomic mass is 127. The molecule has 0 bridgehead atoms. The Hall–Kier alpha value is -0.930. The summed E-state index contributed by atoms with van der Waals surface area (Å²) in [6, 6.07) is 6.63. The maximum absolute atomic E-state index is 13.2. The van der Waals surface area contributed by atoms with Gasteiger partial charge in [-0.25, -0.2) is 4.39 Å². The van der Waals surface area contributed by atoms with Crippen molar-refractivity contribution in [3.8, 4) is 0 Å². The molecule has 1 aromatic carbocycles. The first-order valence-electron chi connectivity index (χ1n) is 8.50. The summed E-state index contributed by atoms with van der Waals surface area (Å²) in [5.41, 5.74) is 0.919. The average molecular weight is 465 g/mol. The van der Waals surface area contributed by atoms with Crippen LogP contribution in [-0.2, 0) is 16.0 Å². The molecule has 0 spiro atoms. The third-order valence-corrected chi connectivity index (χ3v) is 4.01. The van der Waals surface area contributed by atoms with Gasteiger partial charge >= 0.3 is 0 Å². The van der Waals surface area contributed by atoms with E-state index in [1.165, 1.54) is 6.07 Å². The molecule has 7 heteroatoms. The van der Waals surface area contributed by atoms with Crippen molar-refractivity contribution in [2.24, 2.45) is 10.9 Å². The van der Waals surface area contributed by atoms with Gasteiger partial charge in [-0.15, -0.1) is 24.0 Å². The Morgan fingerprint density at radius 1 is 1.48 bits per heavy atom. The van der Waals surface area contributed by atoms with Gasteiger partial charge in [0.1, 0.15) is 5.82 Å². The molecule has 1 unspecified atom stereocenters. The van der Waals surface area contributed by atoms with Crippen LogP contribution in [0, 0.1) is 11.7 Å². The van der Waals surface area contributed by atoms with Crippen molar-refractivity contribution < 1.29 is 13.9 Å². The first-order chi connectivity index (χ1) is 11.7. The van der Waals surface area contributed by atoms with Gasteiger partial charge in [0, 0.05) is 46.3 Å². The van der Waals surface area contributed by atoms with Gasteiger partial charge in [-0.1, -0.05) is 12.1 Å². The SMILES string of the molecule is CN=C(NCCCOCC1CCOC1)N(C)Cc1cccc(F)c1.I. The fraction of sp³-hybridized carbons (Fsp3) is 0.611. The molecule has 0 saturated carbocycles. The summed E-state index contributed by atoms with van der Waals surface area (Å²) in [5, 5.41) is 3.31. The van der Waals surface area contributed by atoms with E-state index in [1.807, 2.05) is 18.0 Å². The van der Waals surface area contributed by atoms with Crippen LogP contribution >= 0.6 is 24.0 Å². The molecule has 1 heterocycles. The summed E-state index contributed by atoms with van der Waals surface area (Å²) in [7, 11) is 3.69. The Bertz CT molecular complexity index is 525. The summed E-state index contributed by atoms with van der Waals surface area (Å²) >= 11 is 0. The number of halogens is 2. The molecule has 5 nitrogen and oxygen atoms in total. The van der Waals surface area contributed by atoms with Crippen molar-refractivity contribution in [3.63, 3.8) is 0 Å². The molecule has 0 aromatic heterocycles. The molecule has 0 amide bonds. The van der Waals surface area contributed by atoms with E-state index in [9.17, 15) is 4.39 Å². The smallest absolute Gasteiger partial charge is 0.193 e. The van der Waals surface area contributed by atoms with E-state index in [1.54, 1.807) is 19.2 Å². The lowest BCUT2D eigenvalue weighted by molar-refractivity contribution is 0.0887. The molecule has 1 aliphatic heterocycles. The first kappa shape index (κ1) is 22.1. The second kappa shape index (κ2) is 12.4. The molecule has 1 aromatic rings. The molecule has 0 aliphatic carbocycles. The summed E-state index contributed by atoms with van der Waals surface area (Å²) in [6.45, 7) is 4.61. The molecule has 1 N–H and O–H groups in total. The zero-order valence-electron chi connectivity index (χ0n) is 15.0. The Kier molecular flexibility index (Phi) is 11.0. The van der Waals surface area contributed by atoms with E-state index in [0.717, 1.165) is 57.3 Å². The number of benzene rings is 1.